The first-order chi connectivity index (χ1) is 18.7. The molecular weight excluding hydrogens is 512 g/mol. The molecule has 7 rings (SSSR count). The monoisotopic (exact) mass is 538 g/mol. The van der Waals surface area contributed by atoms with Crippen molar-refractivity contribution in [1.29, 1.82) is 0 Å². The highest BCUT2D eigenvalue weighted by Gasteiger charge is 2.64. The minimum atomic E-state index is -4.39. The third-order valence-corrected chi connectivity index (χ3v) is 8.58. The van der Waals surface area contributed by atoms with E-state index in [9.17, 15) is 18.3 Å². The maximum absolute atomic E-state index is 16.3. The Bertz CT molecular complexity index is 1590. The number of alkyl halides is 3. The Morgan fingerprint density at radius 1 is 1.03 bits per heavy atom. The van der Waals surface area contributed by atoms with Crippen molar-refractivity contribution in [2.45, 2.75) is 38.3 Å². The molecule has 39 heavy (non-hydrogen) atoms. The van der Waals surface area contributed by atoms with Crippen LogP contribution in [0.1, 0.15) is 32.1 Å². The summed E-state index contributed by atoms with van der Waals surface area (Å²) in [4.78, 5) is 15.3. The van der Waals surface area contributed by atoms with Crippen molar-refractivity contribution in [3.63, 3.8) is 0 Å². The molecule has 6 nitrogen and oxygen atoms in total. The van der Waals surface area contributed by atoms with Crippen molar-refractivity contribution in [3.05, 3.63) is 48.4 Å². The van der Waals surface area contributed by atoms with E-state index in [2.05, 4.69) is 19.9 Å². The number of aromatic hydroxyl groups is 1. The number of anilines is 1. The van der Waals surface area contributed by atoms with Crippen LogP contribution >= 0.6 is 0 Å². The number of benzene rings is 2. The van der Waals surface area contributed by atoms with Gasteiger partial charge in [0.05, 0.1) is 5.39 Å². The molecule has 1 N–H and O–H groups in total. The number of pyridine rings is 1. The van der Waals surface area contributed by atoms with E-state index in [1.54, 1.807) is 6.07 Å². The first-order valence-electron chi connectivity index (χ1n) is 13.2. The summed E-state index contributed by atoms with van der Waals surface area (Å²) in [5.74, 6) is 0.640. The second-order valence-electron chi connectivity index (χ2n) is 11.2. The van der Waals surface area contributed by atoms with Crippen LogP contribution < -0.4 is 9.64 Å². The van der Waals surface area contributed by atoms with Crippen molar-refractivity contribution in [1.82, 2.24) is 15.0 Å². The van der Waals surface area contributed by atoms with E-state index < -0.39 is 24.0 Å². The van der Waals surface area contributed by atoms with Gasteiger partial charge in [-0.2, -0.15) is 23.1 Å². The van der Waals surface area contributed by atoms with Gasteiger partial charge in [0.2, 0.25) is 0 Å². The molecule has 2 aliphatic carbocycles. The van der Waals surface area contributed by atoms with Crippen molar-refractivity contribution >= 4 is 27.5 Å². The average molecular weight is 539 g/mol. The topological polar surface area (TPSA) is 71.4 Å². The molecule has 2 bridgehead atoms. The lowest BCUT2D eigenvalue weighted by molar-refractivity contribution is -0.194. The van der Waals surface area contributed by atoms with E-state index in [1.807, 2.05) is 24.3 Å². The van der Waals surface area contributed by atoms with E-state index in [-0.39, 0.29) is 35.8 Å². The molecule has 2 aromatic carbocycles. The Balaban J connectivity index is 1.36. The molecule has 4 aromatic rings. The van der Waals surface area contributed by atoms with Crippen LogP contribution in [0.4, 0.5) is 23.4 Å². The zero-order chi connectivity index (χ0) is 26.9. The fraction of sp³-hybridized carbons (Fsp3) is 0.414. The van der Waals surface area contributed by atoms with Crippen LogP contribution in [-0.4, -0.2) is 45.9 Å². The summed E-state index contributed by atoms with van der Waals surface area (Å²) in [7, 11) is 0. The Kier molecular flexibility index (Phi) is 5.41. The third-order valence-electron chi connectivity index (χ3n) is 8.58. The zero-order valence-electron chi connectivity index (χ0n) is 21.0. The van der Waals surface area contributed by atoms with Crippen molar-refractivity contribution in [3.8, 4) is 23.0 Å². The molecule has 2 aromatic heterocycles. The molecule has 1 aliphatic heterocycles. The molecule has 0 amide bonds. The number of hydrogen-bond acceptors (Lipinski definition) is 6. The average Bonchev–Trinajstić information content (AvgIpc) is 3.65. The summed E-state index contributed by atoms with van der Waals surface area (Å²) in [5, 5.41) is 12.1. The standard InChI is InChI=1S/C29H26F4N4O2/c30-23-24(21-11-19(38)10-18-3-1-2-4-20(18)21)34-12-22-25(23)35-27(39-15-28(7-8-28)29(31,32)33)36-26(22)37-13-16-5-6-17(9-16)14-37/h1-4,10-12,16-17,38H,5-9,13-15H2. The summed E-state index contributed by atoms with van der Waals surface area (Å²) in [6, 6.07) is 10.0. The number of ether oxygens (including phenoxy) is 1. The van der Waals surface area contributed by atoms with Crippen LogP contribution in [-0.2, 0) is 0 Å². The van der Waals surface area contributed by atoms with E-state index in [1.165, 1.54) is 12.3 Å². The van der Waals surface area contributed by atoms with Crippen LogP contribution in [0.25, 0.3) is 32.9 Å². The number of phenols is 1. The fourth-order valence-corrected chi connectivity index (χ4v) is 6.25. The van der Waals surface area contributed by atoms with Crippen LogP contribution in [0.5, 0.6) is 11.8 Å². The number of nitrogens with zero attached hydrogens (tertiary/aromatic N) is 4. The van der Waals surface area contributed by atoms with Gasteiger partial charge >= 0.3 is 12.2 Å². The molecule has 2 unspecified atom stereocenters. The maximum atomic E-state index is 16.3. The van der Waals surface area contributed by atoms with Crippen molar-refractivity contribution in [2.24, 2.45) is 17.3 Å². The second kappa shape index (κ2) is 8.66. The molecule has 1 saturated heterocycles. The lowest BCUT2D eigenvalue weighted by Crippen LogP contribution is -2.37. The highest BCUT2D eigenvalue weighted by Crippen LogP contribution is 2.57. The van der Waals surface area contributed by atoms with Crippen molar-refractivity contribution < 1.29 is 27.4 Å². The van der Waals surface area contributed by atoms with Gasteiger partial charge in [-0.25, -0.2) is 4.39 Å². The van der Waals surface area contributed by atoms with E-state index >= 15 is 4.39 Å². The largest absolute Gasteiger partial charge is 0.508 e. The highest BCUT2D eigenvalue weighted by atomic mass is 19.4. The van der Waals surface area contributed by atoms with E-state index in [0.717, 1.165) is 32.4 Å². The first-order valence-corrected chi connectivity index (χ1v) is 13.2. The molecule has 3 fully saturated rings. The lowest BCUT2D eigenvalue weighted by Gasteiger charge is -2.33. The second-order valence-corrected chi connectivity index (χ2v) is 11.2. The van der Waals surface area contributed by atoms with E-state index in [4.69, 9.17) is 4.74 Å². The fourth-order valence-electron chi connectivity index (χ4n) is 6.25. The number of phenolic OH excluding ortho intramolecular Hbond substituents is 1. The van der Waals surface area contributed by atoms with Crippen LogP contribution in [0.3, 0.4) is 0 Å². The smallest absolute Gasteiger partial charge is 0.397 e. The van der Waals surface area contributed by atoms with Gasteiger partial charge < -0.3 is 14.7 Å². The Labute approximate surface area is 221 Å². The SMILES string of the molecule is Oc1cc(-c2ncc3c(N4CC5CCC(C5)C4)nc(OCC4(C(F)(F)F)CC4)nc3c2F)c2ccccc2c1. The number of halogens is 4. The molecule has 3 heterocycles. The van der Waals surface area contributed by atoms with Gasteiger partial charge in [0.1, 0.15) is 34.8 Å². The van der Waals surface area contributed by atoms with Crippen LogP contribution in [0.15, 0.2) is 42.6 Å². The summed E-state index contributed by atoms with van der Waals surface area (Å²) in [6.45, 7) is 0.855. The number of fused-ring (bicyclic) bond motifs is 4. The Morgan fingerprint density at radius 2 is 1.77 bits per heavy atom. The van der Waals surface area contributed by atoms with Gasteiger partial charge in [0.25, 0.3) is 0 Å². The van der Waals surface area contributed by atoms with E-state index in [0.29, 0.717) is 39.4 Å². The molecular formula is C29H26F4N4O2. The van der Waals surface area contributed by atoms with Gasteiger partial charge in [-0.3, -0.25) is 4.98 Å². The normalized spacial score (nSPS) is 22.0. The molecule has 202 valence electrons. The van der Waals surface area contributed by atoms with Gasteiger partial charge in [0, 0.05) is 24.8 Å². The van der Waals surface area contributed by atoms with Gasteiger partial charge in [-0.15, -0.1) is 0 Å². The summed E-state index contributed by atoms with van der Waals surface area (Å²) >= 11 is 0. The maximum Gasteiger partial charge on any atom is 0.397 e. The number of hydrogen-bond donors (Lipinski definition) is 1. The number of piperidine rings is 1. The number of aromatic nitrogens is 3. The Hall–Kier alpha value is -3.69. The third kappa shape index (κ3) is 4.11. The first kappa shape index (κ1) is 24.4. The molecule has 10 heteroatoms. The van der Waals surface area contributed by atoms with Crippen LogP contribution in [0.2, 0.25) is 0 Å². The molecule has 2 atom stereocenters. The molecule has 2 saturated carbocycles. The molecule has 3 aliphatic rings. The minimum absolute atomic E-state index is 0.0145. The lowest BCUT2D eigenvalue weighted by atomic mass is 9.98. The molecule has 0 radical (unpaired) electrons. The van der Waals surface area contributed by atoms with Crippen molar-refractivity contribution in [2.75, 3.05) is 24.6 Å². The van der Waals surface area contributed by atoms with Gasteiger partial charge in [-0.1, -0.05) is 24.3 Å². The number of rotatable bonds is 5. The van der Waals surface area contributed by atoms with Gasteiger partial charge in [0.15, 0.2) is 5.82 Å². The minimum Gasteiger partial charge on any atom is -0.508 e. The summed E-state index contributed by atoms with van der Waals surface area (Å²) < 4.78 is 62.5. The highest BCUT2D eigenvalue weighted by molar-refractivity contribution is 5.99. The Morgan fingerprint density at radius 3 is 2.49 bits per heavy atom. The zero-order valence-corrected chi connectivity index (χ0v) is 21.0. The predicted molar refractivity (Wildman–Crippen MR) is 138 cm³/mol. The van der Waals surface area contributed by atoms with Gasteiger partial charge in [-0.05, 0) is 66.8 Å². The predicted octanol–water partition coefficient (Wildman–Crippen LogP) is 6.65. The summed E-state index contributed by atoms with van der Waals surface area (Å²) in [6.07, 6.45) is 0.459. The quantitative estimate of drug-likeness (QED) is 0.287. The summed E-state index contributed by atoms with van der Waals surface area (Å²) in [5.41, 5.74) is -1.60. The van der Waals surface area contributed by atoms with Crippen LogP contribution in [0, 0.1) is 23.1 Å². The molecule has 0 spiro atoms.